The third-order valence-corrected chi connectivity index (χ3v) is 5.72. The highest BCUT2D eigenvalue weighted by Crippen LogP contribution is 2.25. The molecule has 0 fully saturated rings. The third-order valence-electron chi connectivity index (χ3n) is 4.58. The van der Waals surface area contributed by atoms with Gasteiger partial charge >= 0.3 is 6.36 Å². The Bertz CT molecular complexity index is 1230. The summed E-state index contributed by atoms with van der Waals surface area (Å²) in [6.45, 7) is 1.96. The number of nitrogens with zero attached hydrogens (tertiary/aromatic N) is 1. The van der Waals surface area contributed by atoms with E-state index in [1.165, 1.54) is 16.4 Å². The second-order valence-corrected chi connectivity index (χ2v) is 9.24. The van der Waals surface area contributed by atoms with Crippen LogP contribution in [0, 0.1) is 6.92 Å². The van der Waals surface area contributed by atoms with Gasteiger partial charge in [-0.25, -0.2) is 8.42 Å². The lowest BCUT2D eigenvalue weighted by molar-refractivity contribution is -0.274. The number of carbonyl (C=O) groups is 1. The molecule has 1 N–H and O–H groups in total. The van der Waals surface area contributed by atoms with Gasteiger partial charge in [-0.05, 0) is 66.6 Å². The summed E-state index contributed by atoms with van der Waals surface area (Å²) in [5, 5.41) is 2.58. The van der Waals surface area contributed by atoms with Gasteiger partial charge < -0.3 is 10.1 Å². The molecule has 10 heteroatoms. The summed E-state index contributed by atoms with van der Waals surface area (Å²) in [5.74, 6) is -0.862. The van der Waals surface area contributed by atoms with Gasteiger partial charge in [-0.15, -0.1) is 13.2 Å². The van der Waals surface area contributed by atoms with Crippen molar-refractivity contribution >= 4 is 27.3 Å². The van der Waals surface area contributed by atoms with Crippen molar-refractivity contribution in [2.45, 2.75) is 19.8 Å². The molecule has 0 aliphatic rings. The fourth-order valence-electron chi connectivity index (χ4n) is 3.05. The number of rotatable bonds is 7. The zero-order valence-electron chi connectivity index (χ0n) is 17.8. The second-order valence-electron chi connectivity index (χ2n) is 7.33. The number of halogens is 3. The molecule has 0 bridgehead atoms. The quantitative estimate of drug-likeness (QED) is 0.512. The molecule has 3 rings (SSSR count). The van der Waals surface area contributed by atoms with Crippen LogP contribution in [0.5, 0.6) is 5.75 Å². The maximum atomic E-state index is 12.5. The number of amides is 1. The molecule has 1 amide bonds. The average Bonchev–Trinajstić information content (AvgIpc) is 2.72. The second kappa shape index (κ2) is 9.53. The molecule has 0 aliphatic carbocycles. The molecular formula is C23H21F3N2O4S. The number of sulfonamides is 1. The number of hydrogen-bond donors (Lipinski definition) is 1. The lowest BCUT2D eigenvalue weighted by Crippen LogP contribution is -2.29. The molecule has 33 heavy (non-hydrogen) atoms. The summed E-state index contributed by atoms with van der Waals surface area (Å²) < 4.78 is 66.4. The highest BCUT2D eigenvalue weighted by Gasteiger charge is 2.31. The predicted molar refractivity (Wildman–Crippen MR) is 120 cm³/mol. The highest BCUT2D eigenvalue weighted by atomic mass is 32.2. The molecule has 3 aromatic rings. The minimum absolute atomic E-state index is 0.0881. The van der Waals surface area contributed by atoms with Crippen LogP contribution in [-0.2, 0) is 16.6 Å². The molecule has 0 saturated carbocycles. The fraction of sp³-hybridized carbons (Fsp3) is 0.174. The first-order valence-electron chi connectivity index (χ1n) is 9.71. The Hall–Kier alpha value is -3.53. The summed E-state index contributed by atoms with van der Waals surface area (Å²) in [7, 11) is -3.54. The van der Waals surface area contributed by atoms with Crippen LogP contribution < -0.4 is 14.4 Å². The van der Waals surface area contributed by atoms with Gasteiger partial charge in [-0.3, -0.25) is 9.10 Å². The van der Waals surface area contributed by atoms with Crippen LogP contribution in [0.3, 0.4) is 0 Å². The van der Waals surface area contributed by atoms with Crippen LogP contribution in [0.25, 0.3) is 0 Å². The Labute approximate surface area is 189 Å². The van der Waals surface area contributed by atoms with Gasteiger partial charge in [-0.2, -0.15) is 0 Å². The summed E-state index contributed by atoms with van der Waals surface area (Å²) in [6.07, 6.45) is -3.67. The van der Waals surface area contributed by atoms with E-state index in [1.807, 2.05) is 13.0 Å². The number of alkyl halides is 3. The van der Waals surface area contributed by atoms with Crippen molar-refractivity contribution < 1.29 is 31.1 Å². The summed E-state index contributed by atoms with van der Waals surface area (Å²) in [4.78, 5) is 12.5. The maximum Gasteiger partial charge on any atom is 0.573 e. The number of nitrogens with one attached hydrogen (secondary N) is 1. The number of benzene rings is 3. The van der Waals surface area contributed by atoms with Gasteiger partial charge in [0.25, 0.3) is 5.91 Å². The lowest BCUT2D eigenvalue weighted by Gasteiger charge is -2.23. The van der Waals surface area contributed by atoms with E-state index < -0.39 is 28.0 Å². The van der Waals surface area contributed by atoms with Gasteiger partial charge in [0.15, 0.2) is 0 Å². The van der Waals surface area contributed by atoms with Crippen molar-refractivity contribution in [3.05, 3.63) is 89.5 Å². The smallest absolute Gasteiger partial charge is 0.406 e. The van der Waals surface area contributed by atoms with Crippen LogP contribution in [0.2, 0.25) is 0 Å². The normalized spacial score (nSPS) is 11.7. The van der Waals surface area contributed by atoms with Crippen LogP contribution in [0.15, 0.2) is 72.8 Å². The molecule has 174 valence electrons. The Kier molecular flexibility index (Phi) is 6.97. The Balaban J connectivity index is 1.69. The molecule has 0 heterocycles. The van der Waals surface area contributed by atoms with E-state index in [2.05, 4.69) is 10.1 Å². The van der Waals surface area contributed by atoms with E-state index in [0.717, 1.165) is 24.0 Å². The Morgan fingerprint density at radius 1 is 1.00 bits per heavy atom. The third kappa shape index (κ3) is 6.98. The zero-order valence-corrected chi connectivity index (χ0v) is 18.6. The van der Waals surface area contributed by atoms with Crippen molar-refractivity contribution in [3.8, 4) is 5.75 Å². The molecule has 0 aliphatic heterocycles. The molecule has 0 unspecified atom stereocenters. The summed E-state index contributed by atoms with van der Waals surface area (Å²) in [5.41, 5.74) is 2.73. The standard InChI is InChI=1S/C23H21F3N2O4S/c1-16-4-3-5-20(14-16)28(33(2,30)31)15-17-6-8-18(9-7-17)22(29)27-19-10-12-21(13-11-19)32-23(24,25)26/h3-14H,15H2,1-2H3,(H,27,29). The minimum Gasteiger partial charge on any atom is -0.406 e. The minimum atomic E-state index is -4.79. The maximum absolute atomic E-state index is 12.5. The van der Waals surface area contributed by atoms with E-state index in [9.17, 15) is 26.4 Å². The van der Waals surface area contributed by atoms with Crippen molar-refractivity contribution in [1.29, 1.82) is 0 Å². The number of hydrogen-bond acceptors (Lipinski definition) is 4. The summed E-state index contributed by atoms with van der Waals surface area (Å²) >= 11 is 0. The Morgan fingerprint density at radius 2 is 1.64 bits per heavy atom. The fourth-order valence-corrected chi connectivity index (χ4v) is 3.93. The SMILES string of the molecule is Cc1cccc(N(Cc2ccc(C(=O)Nc3ccc(OC(F)(F)F)cc3)cc2)S(C)(=O)=O)c1. The first-order valence-corrected chi connectivity index (χ1v) is 11.6. The van der Waals surface area contributed by atoms with E-state index in [0.29, 0.717) is 22.5 Å². The number of ether oxygens (including phenoxy) is 1. The number of aryl methyl sites for hydroxylation is 1. The monoisotopic (exact) mass is 478 g/mol. The van der Waals surface area contributed by atoms with Crippen LogP contribution >= 0.6 is 0 Å². The average molecular weight is 478 g/mol. The molecule has 0 spiro atoms. The first-order chi connectivity index (χ1) is 15.4. The number of anilines is 2. The van der Waals surface area contributed by atoms with Gasteiger partial charge in [0.2, 0.25) is 10.0 Å². The van der Waals surface area contributed by atoms with Crippen molar-refractivity contribution in [1.82, 2.24) is 0 Å². The highest BCUT2D eigenvalue weighted by molar-refractivity contribution is 7.92. The number of carbonyl (C=O) groups excluding carboxylic acids is 1. The predicted octanol–water partition coefficient (Wildman–Crippen LogP) is 5.11. The molecule has 3 aromatic carbocycles. The molecule has 0 radical (unpaired) electrons. The van der Waals surface area contributed by atoms with Gasteiger partial charge in [0.05, 0.1) is 18.5 Å². The van der Waals surface area contributed by atoms with E-state index in [1.54, 1.807) is 42.5 Å². The van der Waals surface area contributed by atoms with Crippen molar-refractivity contribution in [2.75, 3.05) is 15.9 Å². The molecule has 0 atom stereocenters. The van der Waals surface area contributed by atoms with Gasteiger partial charge in [-0.1, -0.05) is 24.3 Å². The van der Waals surface area contributed by atoms with E-state index >= 15 is 0 Å². The van der Waals surface area contributed by atoms with E-state index in [-0.39, 0.29) is 6.54 Å². The topological polar surface area (TPSA) is 75.7 Å². The zero-order chi connectivity index (χ0) is 24.2. The molecule has 0 aromatic heterocycles. The Morgan fingerprint density at radius 3 is 2.18 bits per heavy atom. The van der Waals surface area contributed by atoms with Crippen LogP contribution in [0.4, 0.5) is 24.5 Å². The molecule has 6 nitrogen and oxygen atoms in total. The summed E-state index contributed by atoms with van der Waals surface area (Å²) in [6, 6.07) is 18.3. The molecular weight excluding hydrogens is 457 g/mol. The van der Waals surface area contributed by atoms with Crippen LogP contribution in [0.1, 0.15) is 21.5 Å². The molecule has 0 saturated heterocycles. The first kappa shape index (κ1) is 24.1. The van der Waals surface area contributed by atoms with Crippen molar-refractivity contribution in [3.63, 3.8) is 0 Å². The van der Waals surface area contributed by atoms with Gasteiger partial charge in [0, 0.05) is 11.3 Å². The largest absolute Gasteiger partial charge is 0.573 e. The van der Waals surface area contributed by atoms with Crippen molar-refractivity contribution in [2.24, 2.45) is 0 Å². The lowest BCUT2D eigenvalue weighted by atomic mass is 10.1. The van der Waals surface area contributed by atoms with E-state index in [4.69, 9.17) is 0 Å². The van der Waals surface area contributed by atoms with Gasteiger partial charge in [0.1, 0.15) is 5.75 Å². The van der Waals surface area contributed by atoms with Crippen LogP contribution in [-0.4, -0.2) is 26.9 Å².